The van der Waals surface area contributed by atoms with E-state index in [1.165, 1.54) is 0 Å². The summed E-state index contributed by atoms with van der Waals surface area (Å²) < 4.78 is 0. The lowest BCUT2D eigenvalue weighted by molar-refractivity contribution is -0.131. The van der Waals surface area contributed by atoms with Crippen molar-refractivity contribution in [3.63, 3.8) is 0 Å². The fourth-order valence-corrected chi connectivity index (χ4v) is 2.99. The van der Waals surface area contributed by atoms with Crippen LogP contribution in [0, 0.1) is 5.92 Å². The van der Waals surface area contributed by atoms with Crippen LogP contribution < -0.4 is 5.73 Å². The van der Waals surface area contributed by atoms with Gasteiger partial charge in [-0.2, -0.15) is 0 Å². The molecule has 0 saturated carbocycles. The summed E-state index contributed by atoms with van der Waals surface area (Å²) >= 11 is 11.9. The van der Waals surface area contributed by atoms with Crippen molar-refractivity contribution in [3.05, 3.63) is 33.8 Å². The fourth-order valence-electron chi connectivity index (χ4n) is 2.42. The van der Waals surface area contributed by atoms with Crippen LogP contribution in [0.4, 0.5) is 0 Å². The van der Waals surface area contributed by atoms with Crippen molar-refractivity contribution in [1.82, 2.24) is 4.90 Å². The highest BCUT2D eigenvalue weighted by Gasteiger charge is 2.21. The van der Waals surface area contributed by atoms with Gasteiger partial charge < -0.3 is 10.6 Å². The first-order valence-electron chi connectivity index (χ1n) is 6.51. The molecule has 3 nitrogen and oxygen atoms in total. The van der Waals surface area contributed by atoms with Crippen molar-refractivity contribution in [3.8, 4) is 0 Å². The van der Waals surface area contributed by atoms with Gasteiger partial charge in [0.05, 0.1) is 6.42 Å². The van der Waals surface area contributed by atoms with E-state index in [4.69, 9.17) is 28.9 Å². The van der Waals surface area contributed by atoms with Crippen molar-refractivity contribution in [2.24, 2.45) is 11.7 Å². The molecule has 0 spiro atoms. The number of carbonyl (C=O) groups excluding carboxylic acids is 1. The highest BCUT2D eigenvalue weighted by Crippen LogP contribution is 2.21. The lowest BCUT2D eigenvalue weighted by atomic mass is 9.96. The number of nitrogens with two attached hydrogens (primary N) is 1. The molecule has 2 rings (SSSR count). The number of hydrogen-bond donors (Lipinski definition) is 1. The van der Waals surface area contributed by atoms with Crippen LogP contribution in [0.5, 0.6) is 0 Å². The second-order valence-corrected chi connectivity index (χ2v) is 5.89. The number of piperidine rings is 1. The monoisotopic (exact) mass is 336 g/mol. The van der Waals surface area contributed by atoms with Crippen LogP contribution in [-0.4, -0.2) is 30.4 Å². The molecule has 1 fully saturated rings. The summed E-state index contributed by atoms with van der Waals surface area (Å²) in [6, 6.07) is 5.25. The average Bonchev–Trinajstić information content (AvgIpc) is 2.37. The van der Waals surface area contributed by atoms with Gasteiger partial charge in [0.25, 0.3) is 0 Å². The Morgan fingerprint density at radius 3 is 2.25 bits per heavy atom. The summed E-state index contributed by atoms with van der Waals surface area (Å²) in [7, 11) is 0. The molecule has 2 N–H and O–H groups in total. The standard InChI is InChI=1S/C14H18Cl2N2O.ClH/c15-12-5-11(6-13(16)8-12)7-14(19)18-3-1-10(9-17)2-4-18;/h5-6,8,10H,1-4,7,9,17H2;1H. The minimum atomic E-state index is 0. The minimum absolute atomic E-state index is 0. The third-order valence-corrected chi connectivity index (χ3v) is 4.01. The van der Waals surface area contributed by atoms with E-state index in [1.807, 2.05) is 4.90 Å². The predicted molar refractivity (Wildman–Crippen MR) is 85.8 cm³/mol. The molecule has 0 bridgehead atoms. The second-order valence-electron chi connectivity index (χ2n) is 5.01. The molecule has 112 valence electrons. The van der Waals surface area contributed by atoms with Crippen LogP contribution in [-0.2, 0) is 11.2 Å². The second kappa shape index (κ2) is 8.08. The third-order valence-electron chi connectivity index (χ3n) is 3.58. The van der Waals surface area contributed by atoms with Crippen molar-refractivity contribution in [2.75, 3.05) is 19.6 Å². The predicted octanol–water partition coefficient (Wildman–Crippen LogP) is 3.16. The zero-order valence-electron chi connectivity index (χ0n) is 11.1. The number of carbonyl (C=O) groups is 1. The van der Waals surface area contributed by atoms with Crippen LogP contribution in [0.15, 0.2) is 18.2 Å². The fraction of sp³-hybridized carbons (Fsp3) is 0.500. The molecule has 0 atom stereocenters. The summed E-state index contributed by atoms with van der Waals surface area (Å²) in [4.78, 5) is 14.1. The Hall–Kier alpha value is -0.480. The van der Waals surface area contributed by atoms with E-state index in [1.54, 1.807) is 18.2 Å². The maximum atomic E-state index is 12.2. The van der Waals surface area contributed by atoms with Gasteiger partial charge in [-0.25, -0.2) is 0 Å². The number of hydrogen-bond acceptors (Lipinski definition) is 2. The van der Waals surface area contributed by atoms with Gasteiger partial charge in [0.1, 0.15) is 0 Å². The number of nitrogens with zero attached hydrogens (tertiary/aromatic N) is 1. The first-order valence-corrected chi connectivity index (χ1v) is 7.27. The van der Waals surface area contributed by atoms with E-state index in [0.29, 0.717) is 28.9 Å². The molecular formula is C14H19Cl3N2O. The molecule has 1 aliphatic heterocycles. The van der Waals surface area contributed by atoms with Gasteiger partial charge in [-0.1, -0.05) is 23.2 Å². The number of likely N-dealkylation sites (tertiary alicyclic amines) is 1. The summed E-state index contributed by atoms with van der Waals surface area (Å²) in [5, 5.41) is 1.13. The lowest BCUT2D eigenvalue weighted by Gasteiger charge is -2.31. The van der Waals surface area contributed by atoms with E-state index in [2.05, 4.69) is 0 Å². The normalized spacial score (nSPS) is 15.8. The summed E-state index contributed by atoms with van der Waals surface area (Å²) in [5.41, 5.74) is 6.51. The largest absolute Gasteiger partial charge is 0.342 e. The average molecular weight is 338 g/mol. The van der Waals surface area contributed by atoms with Crippen LogP contribution in [0.25, 0.3) is 0 Å². The molecule has 20 heavy (non-hydrogen) atoms. The SMILES string of the molecule is Cl.NCC1CCN(C(=O)Cc2cc(Cl)cc(Cl)c2)CC1. The van der Waals surface area contributed by atoms with Crippen molar-refractivity contribution in [1.29, 1.82) is 0 Å². The zero-order chi connectivity index (χ0) is 13.8. The first-order chi connectivity index (χ1) is 9.08. The van der Waals surface area contributed by atoms with Gasteiger partial charge in [0.2, 0.25) is 5.91 Å². The molecule has 0 radical (unpaired) electrons. The lowest BCUT2D eigenvalue weighted by Crippen LogP contribution is -2.40. The Balaban J connectivity index is 0.00000200. The number of benzene rings is 1. The van der Waals surface area contributed by atoms with Crippen LogP contribution in [0.2, 0.25) is 10.0 Å². The zero-order valence-corrected chi connectivity index (χ0v) is 13.5. The third kappa shape index (κ3) is 4.81. The number of amides is 1. The summed E-state index contributed by atoms with van der Waals surface area (Å²) in [5.74, 6) is 0.693. The van der Waals surface area contributed by atoms with E-state index in [0.717, 1.165) is 31.5 Å². The maximum absolute atomic E-state index is 12.2. The molecule has 0 aromatic heterocycles. The first kappa shape index (κ1) is 17.6. The van der Waals surface area contributed by atoms with E-state index in [-0.39, 0.29) is 18.3 Å². The van der Waals surface area contributed by atoms with Gasteiger partial charge in [-0.3, -0.25) is 4.79 Å². The molecule has 0 aliphatic carbocycles. The topological polar surface area (TPSA) is 46.3 Å². The van der Waals surface area contributed by atoms with Crippen molar-refractivity contribution < 1.29 is 4.79 Å². The van der Waals surface area contributed by atoms with Gasteiger partial charge in [-0.05, 0) is 49.1 Å². The maximum Gasteiger partial charge on any atom is 0.226 e. The van der Waals surface area contributed by atoms with Gasteiger partial charge in [0, 0.05) is 23.1 Å². The van der Waals surface area contributed by atoms with Crippen molar-refractivity contribution in [2.45, 2.75) is 19.3 Å². The Morgan fingerprint density at radius 1 is 1.20 bits per heavy atom. The Morgan fingerprint density at radius 2 is 1.75 bits per heavy atom. The molecule has 1 saturated heterocycles. The molecule has 1 aromatic rings. The van der Waals surface area contributed by atoms with Gasteiger partial charge in [-0.15, -0.1) is 12.4 Å². The molecule has 0 unspecified atom stereocenters. The Kier molecular flexibility index (Phi) is 7.10. The molecule has 1 heterocycles. The van der Waals surface area contributed by atoms with Gasteiger partial charge >= 0.3 is 0 Å². The van der Waals surface area contributed by atoms with Gasteiger partial charge in [0.15, 0.2) is 0 Å². The van der Waals surface area contributed by atoms with Crippen LogP contribution in [0.1, 0.15) is 18.4 Å². The molecule has 1 amide bonds. The van der Waals surface area contributed by atoms with E-state index < -0.39 is 0 Å². The summed E-state index contributed by atoms with van der Waals surface area (Å²) in [6.45, 7) is 2.32. The summed E-state index contributed by atoms with van der Waals surface area (Å²) in [6.07, 6.45) is 2.35. The minimum Gasteiger partial charge on any atom is -0.342 e. The highest BCUT2D eigenvalue weighted by molar-refractivity contribution is 6.34. The highest BCUT2D eigenvalue weighted by atomic mass is 35.5. The van der Waals surface area contributed by atoms with Crippen LogP contribution >= 0.6 is 35.6 Å². The smallest absolute Gasteiger partial charge is 0.226 e. The quantitative estimate of drug-likeness (QED) is 0.921. The number of rotatable bonds is 3. The van der Waals surface area contributed by atoms with Crippen molar-refractivity contribution >= 4 is 41.5 Å². The molecular weight excluding hydrogens is 319 g/mol. The molecule has 1 aliphatic rings. The number of halogens is 3. The van der Waals surface area contributed by atoms with Crippen LogP contribution in [0.3, 0.4) is 0 Å². The Bertz CT molecular complexity index is 439. The Labute approximate surface area is 135 Å². The van der Waals surface area contributed by atoms with E-state index >= 15 is 0 Å². The molecule has 6 heteroatoms. The van der Waals surface area contributed by atoms with E-state index in [9.17, 15) is 4.79 Å². The molecule has 1 aromatic carbocycles.